The van der Waals surface area contributed by atoms with E-state index in [2.05, 4.69) is 33.5 Å². The molecule has 0 aliphatic rings. The third kappa shape index (κ3) is 11.5. The lowest BCUT2D eigenvalue weighted by Gasteiger charge is -2.10. The zero-order valence-corrected chi connectivity index (χ0v) is 22.4. The van der Waals surface area contributed by atoms with Crippen molar-refractivity contribution < 1.29 is 19.1 Å². The smallest absolute Gasteiger partial charge is 0.338 e. The molecule has 2 aromatic carbocycles. The van der Waals surface area contributed by atoms with E-state index in [0.717, 1.165) is 29.3 Å². The second-order valence-corrected chi connectivity index (χ2v) is 9.71. The molecule has 0 saturated heterocycles. The number of unbranched alkanes of at least 4 members (excludes halogenated alkanes) is 8. The second kappa shape index (κ2) is 16.1. The first-order chi connectivity index (χ1) is 16.9. The van der Waals surface area contributed by atoms with Gasteiger partial charge in [0, 0.05) is 22.3 Å². The summed E-state index contributed by atoms with van der Waals surface area (Å²) in [6, 6.07) is 12.0. The van der Waals surface area contributed by atoms with Gasteiger partial charge in [0.1, 0.15) is 0 Å². The van der Waals surface area contributed by atoms with E-state index in [0.29, 0.717) is 17.8 Å². The van der Waals surface area contributed by atoms with Gasteiger partial charge in [-0.15, -0.1) is 0 Å². The van der Waals surface area contributed by atoms with Crippen LogP contribution >= 0.6 is 15.9 Å². The molecule has 2 aromatic rings. The van der Waals surface area contributed by atoms with Crippen LogP contribution < -0.4 is 10.6 Å². The third-order valence-electron chi connectivity index (χ3n) is 5.69. The summed E-state index contributed by atoms with van der Waals surface area (Å²) in [5.41, 5.74) is 2.37. The first-order valence-electron chi connectivity index (χ1n) is 12.5. The quantitative estimate of drug-likeness (QED) is 0.180. The highest BCUT2D eigenvalue weighted by atomic mass is 79.9. The summed E-state index contributed by atoms with van der Waals surface area (Å²) >= 11 is 3.38. The predicted octanol–water partition coefficient (Wildman–Crippen LogP) is 7.41. The average Bonchev–Trinajstić information content (AvgIpc) is 2.83. The van der Waals surface area contributed by atoms with Crippen molar-refractivity contribution >= 4 is 45.1 Å². The van der Waals surface area contributed by atoms with Gasteiger partial charge in [0.15, 0.2) is 6.61 Å². The van der Waals surface area contributed by atoms with Crippen molar-refractivity contribution in [1.29, 1.82) is 0 Å². The van der Waals surface area contributed by atoms with Crippen molar-refractivity contribution in [3.8, 4) is 0 Å². The average molecular weight is 546 g/mol. The van der Waals surface area contributed by atoms with E-state index in [1.165, 1.54) is 38.5 Å². The summed E-state index contributed by atoms with van der Waals surface area (Å²) in [6.07, 6.45) is 11.3. The molecule has 0 aliphatic carbocycles. The van der Waals surface area contributed by atoms with Gasteiger partial charge in [0.25, 0.3) is 5.91 Å². The van der Waals surface area contributed by atoms with E-state index in [-0.39, 0.29) is 11.5 Å². The van der Waals surface area contributed by atoms with Gasteiger partial charge in [-0.25, -0.2) is 4.79 Å². The SMILES string of the molecule is CCCCCCCCCCCC(=O)Nc1cccc(C(=O)OCC(=O)Nc2ccc(Br)cc2C)c1. The summed E-state index contributed by atoms with van der Waals surface area (Å²) in [5, 5.41) is 5.57. The fourth-order valence-electron chi connectivity index (χ4n) is 3.71. The number of nitrogens with one attached hydrogen (secondary N) is 2. The molecule has 2 rings (SSSR count). The van der Waals surface area contributed by atoms with E-state index < -0.39 is 18.5 Å². The Balaban J connectivity index is 1.69. The van der Waals surface area contributed by atoms with Crippen LogP contribution in [0.4, 0.5) is 11.4 Å². The Morgan fingerprint density at radius 2 is 1.51 bits per heavy atom. The molecule has 190 valence electrons. The van der Waals surface area contributed by atoms with Crippen LogP contribution in [-0.2, 0) is 14.3 Å². The number of aryl methyl sites for hydroxylation is 1. The first-order valence-corrected chi connectivity index (χ1v) is 13.3. The van der Waals surface area contributed by atoms with Crippen LogP contribution in [0.15, 0.2) is 46.9 Å². The summed E-state index contributed by atoms with van der Waals surface area (Å²) < 4.78 is 6.06. The van der Waals surface area contributed by atoms with Gasteiger partial charge in [0.05, 0.1) is 5.56 Å². The van der Waals surface area contributed by atoms with E-state index in [1.807, 2.05) is 19.1 Å². The van der Waals surface area contributed by atoms with Crippen molar-refractivity contribution in [3.05, 3.63) is 58.1 Å². The molecule has 2 amide bonds. The number of benzene rings is 2. The fourth-order valence-corrected chi connectivity index (χ4v) is 4.19. The number of anilines is 2. The van der Waals surface area contributed by atoms with E-state index in [9.17, 15) is 14.4 Å². The van der Waals surface area contributed by atoms with Gasteiger partial charge in [0.2, 0.25) is 5.91 Å². The lowest BCUT2D eigenvalue weighted by atomic mass is 10.1. The Labute approximate surface area is 217 Å². The van der Waals surface area contributed by atoms with Gasteiger partial charge in [-0.3, -0.25) is 9.59 Å². The minimum absolute atomic E-state index is 0.0669. The van der Waals surface area contributed by atoms with Gasteiger partial charge < -0.3 is 15.4 Å². The molecule has 0 heterocycles. The van der Waals surface area contributed by atoms with Gasteiger partial charge in [-0.2, -0.15) is 0 Å². The van der Waals surface area contributed by atoms with Crippen LogP contribution in [-0.4, -0.2) is 24.4 Å². The normalized spacial score (nSPS) is 10.6. The highest BCUT2D eigenvalue weighted by Gasteiger charge is 2.12. The van der Waals surface area contributed by atoms with Gasteiger partial charge in [-0.1, -0.05) is 80.3 Å². The van der Waals surface area contributed by atoms with Crippen LogP contribution in [0.3, 0.4) is 0 Å². The van der Waals surface area contributed by atoms with Crippen molar-refractivity contribution in [3.63, 3.8) is 0 Å². The number of rotatable bonds is 15. The number of carbonyl (C=O) groups is 3. The topological polar surface area (TPSA) is 84.5 Å². The fraction of sp³-hybridized carbons (Fsp3) is 0.464. The van der Waals surface area contributed by atoms with Crippen molar-refractivity contribution in [2.45, 2.75) is 78.1 Å². The van der Waals surface area contributed by atoms with Crippen LogP contribution in [0.5, 0.6) is 0 Å². The van der Waals surface area contributed by atoms with Gasteiger partial charge in [-0.05, 0) is 55.3 Å². The molecule has 2 N–H and O–H groups in total. The highest BCUT2D eigenvalue weighted by Crippen LogP contribution is 2.20. The molecule has 0 fully saturated rings. The van der Waals surface area contributed by atoms with E-state index in [1.54, 1.807) is 30.3 Å². The van der Waals surface area contributed by atoms with Crippen LogP contribution in [0.1, 0.15) is 87.1 Å². The molecule has 6 nitrogen and oxygen atoms in total. The standard InChI is InChI=1S/C28H37BrN2O4/c1-3-4-5-6-7-8-9-10-11-15-26(32)30-24-14-12-13-22(19-24)28(34)35-20-27(33)31-25-17-16-23(29)18-21(25)2/h12-14,16-19H,3-11,15,20H2,1-2H3,(H,30,32)(H,31,33). The first kappa shape index (κ1) is 28.6. The highest BCUT2D eigenvalue weighted by molar-refractivity contribution is 9.10. The Kier molecular flexibility index (Phi) is 13.1. The summed E-state index contributed by atoms with van der Waals surface area (Å²) in [4.78, 5) is 36.8. The molecule has 0 aromatic heterocycles. The maximum atomic E-state index is 12.4. The molecule has 0 radical (unpaired) electrons. The number of ether oxygens (including phenoxy) is 1. The predicted molar refractivity (Wildman–Crippen MR) is 145 cm³/mol. The number of hydrogen-bond acceptors (Lipinski definition) is 4. The van der Waals surface area contributed by atoms with Crippen molar-refractivity contribution in [1.82, 2.24) is 0 Å². The van der Waals surface area contributed by atoms with Crippen LogP contribution in [0, 0.1) is 6.92 Å². The van der Waals surface area contributed by atoms with Crippen molar-refractivity contribution in [2.75, 3.05) is 17.2 Å². The maximum Gasteiger partial charge on any atom is 0.338 e. The molecular weight excluding hydrogens is 508 g/mol. The maximum absolute atomic E-state index is 12.4. The summed E-state index contributed by atoms with van der Waals surface area (Å²) in [5.74, 6) is -1.11. The van der Waals surface area contributed by atoms with Gasteiger partial charge >= 0.3 is 5.97 Å². The Hall–Kier alpha value is -2.67. The monoisotopic (exact) mass is 544 g/mol. The summed E-state index contributed by atoms with van der Waals surface area (Å²) in [7, 11) is 0. The molecule has 0 bridgehead atoms. The minimum Gasteiger partial charge on any atom is -0.452 e. The molecular formula is C28H37BrN2O4. The zero-order chi connectivity index (χ0) is 25.5. The van der Waals surface area contributed by atoms with Crippen molar-refractivity contribution in [2.24, 2.45) is 0 Å². The molecule has 0 saturated carbocycles. The molecule has 0 unspecified atom stereocenters. The molecule has 7 heteroatoms. The Bertz CT molecular complexity index is 977. The molecule has 0 aliphatic heterocycles. The third-order valence-corrected chi connectivity index (χ3v) is 6.18. The lowest BCUT2D eigenvalue weighted by molar-refractivity contribution is -0.119. The largest absolute Gasteiger partial charge is 0.452 e. The number of esters is 1. The Morgan fingerprint density at radius 1 is 0.829 bits per heavy atom. The van der Waals surface area contributed by atoms with E-state index >= 15 is 0 Å². The number of halogens is 1. The second-order valence-electron chi connectivity index (χ2n) is 8.79. The lowest BCUT2D eigenvalue weighted by Crippen LogP contribution is -2.21. The Morgan fingerprint density at radius 3 is 2.20 bits per heavy atom. The summed E-state index contributed by atoms with van der Waals surface area (Å²) in [6.45, 7) is 3.70. The van der Waals surface area contributed by atoms with E-state index in [4.69, 9.17) is 4.74 Å². The zero-order valence-electron chi connectivity index (χ0n) is 20.8. The number of amides is 2. The van der Waals surface area contributed by atoms with Crippen LogP contribution in [0.25, 0.3) is 0 Å². The minimum atomic E-state index is -0.622. The number of hydrogen-bond donors (Lipinski definition) is 2. The van der Waals surface area contributed by atoms with Crippen LogP contribution in [0.2, 0.25) is 0 Å². The number of carbonyl (C=O) groups excluding carboxylic acids is 3. The molecule has 35 heavy (non-hydrogen) atoms. The molecule has 0 atom stereocenters. The molecule has 0 spiro atoms.